The van der Waals surface area contributed by atoms with E-state index in [1.54, 1.807) is 6.66 Å². The van der Waals surface area contributed by atoms with Gasteiger partial charge in [-0.05, 0) is 0 Å². The molecule has 0 aromatic carbocycles. The van der Waals surface area contributed by atoms with E-state index in [2.05, 4.69) is 0 Å². The first kappa shape index (κ1) is 4.52. The molecule has 0 amide bonds. The molecule has 1 aliphatic heterocycles. The van der Waals surface area contributed by atoms with Crippen molar-refractivity contribution in [3.05, 3.63) is 0 Å². The third-order valence-corrected chi connectivity index (χ3v) is 4.72. The van der Waals surface area contributed by atoms with Gasteiger partial charge >= 0.3 is 37.2 Å². The van der Waals surface area contributed by atoms with E-state index < -0.39 is 7.57 Å². The van der Waals surface area contributed by atoms with Crippen LogP contribution in [0.3, 0.4) is 0 Å². The van der Waals surface area contributed by atoms with Crippen molar-refractivity contribution in [3.8, 4) is 0 Å². The first-order valence-electron chi connectivity index (χ1n) is 2.32. The fourth-order valence-corrected chi connectivity index (χ4v) is 2.46. The van der Waals surface area contributed by atoms with Crippen LogP contribution in [0.1, 0.15) is 6.92 Å². The van der Waals surface area contributed by atoms with E-state index in [0.29, 0.717) is 5.66 Å². The molecule has 1 heterocycles. The Morgan fingerprint density at radius 2 is 2.00 bits per heavy atom. The zero-order valence-corrected chi connectivity index (χ0v) is 5.16. The predicted octanol–water partition coefficient (Wildman–Crippen LogP) is 1.65. The predicted molar refractivity (Wildman–Crippen MR) is 29.7 cm³/mol. The summed E-state index contributed by atoms with van der Waals surface area (Å²) < 4.78 is 12.3. The number of halogens is 1. The van der Waals surface area contributed by atoms with Gasteiger partial charge in [0.15, 0.2) is 0 Å². The molecule has 0 aromatic rings. The van der Waals surface area contributed by atoms with Crippen LogP contribution in [0.15, 0.2) is 0 Å². The molecular weight excluding hydrogens is 98.0 g/mol. The zero-order valence-electron chi connectivity index (χ0n) is 4.16. The van der Waals surface area contributed by atoms with Gasteiger partial charge in [0, 0.05) is 0 Å². The minimum absolute atomic E-state index is 0.470. The van der Waals surface area contributed by atoms with Crippen LogP contribution >= 0.6 is 7.57 Å². The molecule has 1 fully saturated rings. The van der Waals surface area contributed by atoms with Gasteiger partial charge in [-0.15, -0.1) is 0 Å². The van der Waals surface area contributed by atoms with Crippen molar-refractivity contribution in [2.45, 2.75) is 12.6 Å². The summed E-state index contributed by atoms with van der Waals surface area (Å²) in [6, 6.07) is 0. The summed E-state index contributed by atoms with van der Waals surface area (Å²) in [7, 11) is -1.96. The van der Waals surface area contributed by atoms with E-state index in [9.17, 15) is 4.20 Å². The Morgan fingerprint density at radius 3 is 2.00 bits per heavy atom. The summed E-state index contributed by atoms with van der Waals surface area (Å²) in [4.78, 5) is 0. The molecule has 0 radical (unpaired) electrons. The Morgan fingerprint density at radius 1 is 1.83 bits per heavy atom. The SMILES string of the molecule is CC1C[PH]1(C)F. The molecule has 0 bridgehead atoms. The Balaban J connectivity index is 2.41. The molecule has 6 heavy (non-hydrogen) atoms. The van der Waals surface area contributed by atoms with Gasteiger partial charge in [0.1, 0.15) is 0 Å². The molecule has 1 atom stereocenters. The molecule has 0 saturated carbocycles. The van der Waals surface area contributed by atoms with E-state index in [1.807, 2.05) is 6.92 Å². The van der Waals surface area contributed by atoms with E-state index in [1.165, 1.54) is 0 Å². The van der Waals surface area contributed by atoms with Crippen LogP contribution in [0.2, 0.25) is 0 Å². The second-order valence-electron chi connectivity index (χ2n) is 2.38. The summed E-state index contributed by atoms with van der Waals surface area (Å²) in [6.45, 7) is 3.78. The molecule has 0 aliphatic carbocycles. The van der Waals surface area contributed by atoms with E-state index in [4.69, 9.17) is 0 Å². The Labute approximate surface area is 38.2 Å². The van der Waals surface area contributed by atoms with Crippen molar-refractivity contribution < 1.29 is 4.20 Å². The Bertz CT molecular complexity index is 69.9. The Kier molecular flexibility index (Phi) is 0.715. The molecule has 0 nitrogen and oxygen atoms in total. The summed E-state index contributed by atoms with van der Waals surface area (Å²) in [5.74, 6) is 0. The monoisotopic (exact) mass is 108 g/mol. The maximum atomic E-state index is 12.3. The summed E-state index contributed by atoms with van der Waals surface area (Å²) >= 11 is 0. The molecule has 2 heteroatoms. The van der Waals surface area contributed by atoms with Crippen LogP contribution in [0.4, 0.5) is 4.20 Å². The fraction of sp³-hybridized carbons (Fsp3) is 1.00. The molecule has 1 rings (SSSR count). The van der Waals surface area contributed by atoms with Gasteiger partial charge in [-0.25, -0.2) is 0 Å². The van der Waals surface area contributed by atoms with Crippen molar-refractivity contribution in [3.63, 3.8) is 0 Å². The Hall–Kier alpha value is 0.360. The summed E-state index contributed by atoms with van der Waals surface area (Å²) in [6.07, 6.45) is 0.910. The average Bonchev–Trinajstić information content (AvgIpc) is 1.73. The van der Waals surface area contributed by atoms with Crippen LogP contribution in [0.5, 0.6) is 0 Å². The summed E-state index contributed by atoms with van der Waals surface area (Å²) in [5, 5.41) is 0. The van der Waals surface area contributed by atoms with Crippen molar-refractivity contribution >= 4 is 7.57 Å². The van der Waals surface area contributed by atoms with Crippen molar-refractivity contribution in [2.24, 2.45) is 0 Å². The van der Waals surface area contributed by atoms with E-state index in [0.717, 1.165) is 6.16 Å². The molecule has 0 aromatic heterocycles. The number of rotatable bonds is 0. The number of hydrogen-bond donors (Lipinski definition) is 0. The normalized spacial score (nSPS) is 44.8. The number of hydrogen-bond acceptors (Lipinski definition) is 0. The first-order chi connectivity index (χ1) is 2.63. The van der Waals surface area contributed by atoms with Gasteiger partial charge in [-0.2, -0.15) is 0 Å². The van der Waals surface area contributed by atoms with Crippen LogP contribution in [0, 0.1) is 0 Å². The molecular formula is C4H10FP. The third-order valence-electron chi connectivity index (χ3n) is 1.57. The molecule has 0 N–H and O–H groups in total. The molecule has 0 spiro atoms. The van der Waals surface area contributed by atoms with Crippen LogP contribution in [-0.4, -0.2) is 18.5 Å². The average molecular weight is 108 g/mol. The van der Waals surface area contributed by atoms with Crippen molar-refractivity contribution in [2.75, 3.05) is 12.8 Å². The van der Waals surface area contributed by atoms with Crippen LogP contribution in [-0.2, 0) is 0 Å². The quantitative estimate of drug-likeness (QED) is 0.414. The van der Waals surface area contributed by atoms with Gasteiger partial charge in [0.05, 0.1) is 0 Å². The van der Waals surface area contributed by atoms with E-state index >= 15 is 0 Å². The van der Waals surface area contributed by atoms with Gasteiger partial charge in [0.25, 0.3) is 0 Å². The molecule has 1 unspecified atom stereocenters. The second-order valence-corrected chi connectivity index (χ2v) is 6.33. The molecule has 1 aliphatic rings. The van der Waals surface area contributed by atoms with Crippen LogP contribution < -0.4 is 0 Å². The summed E-state index contributed by atoms with van der Waals surface area (Å²) in [5.41, 5.74) is 0.470. The molecule has 1 saturated heterocycles. The first-order valence-corrected chi connectivity index (χ1v) is 4.98. The van der Waals surface area contributed by atoms with E-state index in [-0.39, 0.29) is 0 Å². The molecule has 38 valence electrons. The maximum absolute atomic E-state index is 12.3. The van der Waals surface area contributed by atoms with Crippen molar-refractivity contribution in [1.82, 2.24) is 0 Å². The van der Waals surface area contributed by atoms with Crippen LogP contribution in [0.25, 0.3) is 0 Å². The fourth-order valence-electron chi connectivity index (χ4n) is 0.540. The minimum atomic E-state index is -1.96. The van der Waals surface area contributed by atoms with Crippen molar-refractivity contribution in [1.29, 1.82) is 0 Å². The zero-order chi connectivity index (χ0) is 4.78. The van der Waals surface area contributed by atoms with Gasteiger partial charge in [-0.3, -0.25) is 0 Å². The van der Waals surface area contributed by atoms with Gasteiger partial charge in [0.2, 0.25) is 0 Å². The van der Waals surface area contributed by atoms with Gasteiger partial charge < -0.3 is 0 Å². The topological polar surface area (TPSA) is 0 Å². The second kappa shape index (κ2) is 0.949. The van der Waals surface area contributed by atoms with Gasteiger partial charge in [-0.1, -0.05) is 0 Å². The third kappa shape index (κ3) is 0.562. The standard InChI is InChI=1S/C4H10FP/c1-4-3-6(4,2)5/h4,6H,3H2,1-2H3.